The second kappa shape index (κ2) is 6.15. The highest BCUT2D eigenvalue weighted by molar-refractivity contribution is 7.99. The second-order valence-corrected chi connectivity index (χ2v) is 5.50. The molecule has 1 aliphatic rings. The summed E-state index contributed by atoms with van der Waals surface area (Å²) in [7, 11) is 0. The standard InChI is InChI=1S/C10H19ClS/c1-2-12-8-4-6-9-5-3-7-10(9)11/h9-10H,2-8H2,1H3. The van der Waals surface area contributed by atoms with Gasteiger partial charge in [-0.25, -0.2) is 0 Å². The van der Waals surface area contributed by atoms with Crippen LogP contribution in [0.1, 0.15) is 39.0 Å². The summed E-state index contributed by atoms with van der Waals surface area (Å²) < 4.78 is 0. The van der Waals surface area contributed by atoms with Crippen molar-refractivity contribution < 1.29 is 0 Å². The van der Waals surface area contributed by atoms with E-state index in [2.05, 4.69) is 6.92 Å². The van der Waals surface area contributed by atoms with Crippen LogP contribution in [0.4, 0.5) is 0 Å². The van der Waals surface area contributed by atoms with Gasteiger partial charge in [0.1, 0.15) is 0 Å². The lowest BCUT2D eigenvalue weighted by molar-refractivity contribution is 0.504. The van der Waals surface area contributed by atoms with E-state index in [1.54, 1.807) is 0 Å². The Kier molecular flexibility index (Phi) is 5.49. The quantitative estimate of drug-likeness (QED) is 0.485. The van der Waals surface area contributed by atoms with E-state index < -0.39 is 0 Å². The molecule has 1 saturated carbocycles. The third kappa shape index (κ3) is 3.57. The molecule has 0 nitrogen and oxygen atoms in total. The lowest BCUT2D eigenvalue weighted by Crippen LogP contribution is -2.06. The first-order chi connectivity index (χ1) is 5.84. The molecule has 0 bridgehead atoms. The summed E-state index contributed by atoms with van der Waals surface area (Å²) in [5.74, 6) is 3.43. The van der Waals surface area contributed by atoms with Gasteiger partial charge in [0.25, 0.3) is 0 Å². The fourth-order valence-electron chi connectivity index (χ4n) is 1.91. The van der Waals surface area contributed by atoms with E-state index in [1.165, 1.54) is 43.6 Å². The third-order valence-corrected chi connectivity index (χ3v) is 4.19. The summed E-state index contributed by atoms with van der Waals surface area (Å²) in [5.41, 5.74) is 0. The van der Waals surface area contributed by atoms with Crippen molar-refractivity contribution in [1.82, 2.24) is 0 Å². The van der Waals surface area contributed by atoms with E-state index in [0.29, 0.717) is 5.38 Å². The van der Waals surface area contributed by atoms with Gasteiger partial charge < -0.3 is 0 Å². The van der Waals surface area contributed by atoms with Gasteiger partial charge in [0.05, 0.1) is 0 Å². The van der Waals surface area contributed by atoms with Gasteiger partial charge in [-0.05, 0) is 43.1 Å². The molecule has 72 valence electrons. The molecule has 1 rings (SSSR count). The molecule has 2 heteroatoms. The fourth-order valence-corrected chi connectivity index (χ4v) is 2.97. The Balaban J connectivity index is 1.98. The molecule has 0 heterocycles. The topological polar surface area (TPSA) is 0 Å². The number of thioether (sulfide) groups is 1. The molecule has 0 aromatic rings. The molecule has 0 radical (unpaired) electrons. The van der Waals surface area contributed by atoms with E-state index in [-0.39, 0.29) is 0 Å². The van der Waals surface area contributed by atoms with Crippen molar-refractivity contribution in [3.8, 4) is 0 Å². The molecular weight excluding hydrogens is 188 g/mol. The Morgan fingerprint density at radius 3 is 2.83 bits per heavy atom. The van der Waals surface area contributed by atoms with Gasteiger partial charge in [0.15, 0.2) is 0 Å². The Morgan fingerprint density at radius 2 is 2.25 bits per heavy atom. The molecule has 0 N–H and O–H groups in total. The molecular formula is C10H19ClS. The zero-order valence-electron chi connectivity index (χ0n) is 7.89. The van der Waals surface area contributed by atoms with E-state index in [9.17, 15) is 0 Å². The fraction of sp³-hybridized carbons (Fsp3) is 1.00. The Bertz CT molecular complexity index is 116. The van der Waals surface area contributed by atoms with Crippen molar-refractivity contribution in [2.75, 3.05) is 11.5 Å². The number of hydrogen-bond acceptors (Lipinski definition) is 1. The average molecular weight is 207 g/mol. The lowest BCUT2D eigenvalue weighted by Gasteiger charge is -2.12. The van der Waals surface area contributed by atoms with Crippen LogP contribution in [-0.2, 0) is 0 Å². The zero-order valence-corrected chi connectivity index (χ0v) is 9.46. The van der Waals surface area contributed by atoms with Gasteiger partial charge >= 0.3 is 0 Å². The lowest BCUT2D eigenvalue weighted by atomic mass is 10.0. The highest BCUT2D eigenvalue weighted by Crippen LogP contribution is 2.33. The van der Waals surface area contributed by atoms with Gasteiger partial charge in [0, 0.05) is 5.38 Å². The first-order valence-corrected chi connectivity index (χ1v) is 6.65. The van der Waals surface area contributed by atoms with E-state index in [0.717, 1.165) is 5.92 Å². The van der Waals surface area contributed by atoms with Crippen molar-refractivity contribution in [3.63, 3.8) is 0 Å². The Morgan fingerprint density at radius 1 is 1.42 bits per heavy atom. The SMILES string of the molecule is CCSCCCC1CCCC1Cl. The van der Waals surface area contributed by atoms with Crippen molar-refractivity contribution in [2.45, 2.75) is 44.4 Å². The number of rotatable bonds is 5. The predicted molar refractivity (Wildman–Crippen MR) is 59.2 cm³/mol. The molecule has 2 atom stereocenters. The molecule has 0 aliphatic heterocycles. The van der Waals surface area contributed by atoms with Crippen LogP contribution in [-0.4, -0.2) is 16.9 Å². The van der Waals surface area contributed by atoms with Crippen LogP contribution in [0.5, 0.6) is 0 Å². The predicted octanol–water partition coefficient (Wildman–Crippen LogP) is 3.93. The van der Waals surface area contributed by atoms with Crippen molar-refractivity contribution in [3.05, 3.63) is 0 Å². The van der Waals surface area contributed by atoms with Crippen LogP contribution in [0.3, 0.4) is 0 Å². The van der Waals surface area contributed by atoms with Crippen LogP contribution in [0, 0.1) is 5.92 Å². The van der Waals surface area contributed by atoms with Crippen LogP contribution in [0.2, 0.25) is 0 Å². The average Bonchev–Trinajstić information content (AvgIpc) is 2.46. The van der Waals surface area contributed by atoms with E-state index >= 15 is 0 Å². The van der Waals surface area contributed by atoms with Gasteiger partial charge in [-0.1, -0.05) is 13.3 Å². The highest BCUT2D eigenvalue weighted by Gasteiger charge is 2.24. The summed E-state index contributed by atoms with van der Waals surface area (Å²) in [5, 5.41) is 0.497. The number of halogens is 1. The largest absolute Gasteiger partial charge is 0.162 e. The van der Waals surface area contributed by atoms with Crippen LogP contribution in [0.15, 0.2) is 0 Å². The first kappa shape index (κ1) is 10.7. The third-order valence-electron chi connectivity index (χ3n) is 2.63. The molecule has 1 aliphatic carbocycles. The Hall–Kier alpha value is 0.640. The summed E-state index contributed by atoms with van der Waals surface area (Å²) in [6.07, 6.45) is 6.73. The van der Waals surface area contributed by atoms with Gasteiger partial charge in [-0.2, -0.15) is 11.8 Å². The normalized spacial score (nSPS) is 29.5. The molecule has 0 spiro atoms. The minimum Gasteiger partial charge on any atom is -0.162 e. The molecule has 2 unspecified atom stereocenters. The van der Waals surface area contributed by atoms with Crippen LogP contribution in [0.25, 0.3) is 0 Å². The molecule has 0 amide bonds. The highest BCUT2D eigenvalue weighted by atomic mass is 35.5. The molecule has 1 fully saturated rings. The molecule has 0 aromatic heterocycles. The first-order valence-electron chi connectivity index (χ1n) is 5.06. The van der Waals surface area contributed by atoms with Crippen molar-refractivity contribution in [1.29, 1.82) is 0 Å². The smallest absolute Gasteiger partial charge is 0.0364 e. The minimum absolute atomic E-state index is 0.497. The van der Waals surface area contributed by atoms with Gasteiger partial charge in [-0.15, -0.1) is 11.6 Å². The van der Waals surface area contributed by atoms with Gasteiger partial charge in [0.2, 0.25) is 0 Å². The maximum absolute atomic E-state index is 6.18. The zero-order chi connectivity index (χ0) is 8.81. The molecule has 0 aromatic carbocycles. The van der Waals surface area contributed by atoms with Gasteiger partial charge in [-0.3, -0.25) is 0 Å². The second-order valence-electron chi connectivity index (χ2n) is 3.55. The maximum Gasteiger partial charge on any atom is 0.0364 e. The van der Waals surface area contributed by atoms with E-state index in [1.807, 2.05) is 11.8 Å². The minimum atomic E-state index is 0.497. The maximum atomic E-state index is 6.18. The monoisotopic (exact) mass is 206 g/mol. The molecule has 12 heavy (non-hydrogen) atoms. The number of alkyl halides is 1. The summed E-state index contributed by atoms with van der Waals surface area (Å²) in [6, 6.07) is 0. The summed E-state index contributed by atoms with van der Waals surface area (Å²) in [4.78, 5) is 0. The summed E-state index contributed by atoms with van der Waals surface area (Å²) in [6.45, 7) is 2.23. The van der Waals surface area contributed by atoms with Crippen molar-refractivity contribution >= 4 is 23.4 Å². The Labute approximate surface area is 85.4 Å². The van der Waals surface area contributed by atoms with Crippen LogP contribution >= 0.6 is 23.4 Å². The number of hydrogen-bond donors (Lipinski definition) is 0. The van der Waals surface area contributed by atoms with Crippen LogP contribution < -0.4 is 0 Å². The van der Waals surface area contributed by atoms with Crippen molar-refractivity contribution in [2.24, 2.45) is 5.92 Å². The molecule has 0 saturated heterocycles. The summed E-state index contributed by atoms with van der Waals surface area (Å²) >= 11 is 8.23. The van der Waals surface area contributed by atoms with E-state index in [4.69, 9.17) is 11.6 Å².